The standard InChI is InChI=1S/C11H6Cl2N4/c12-8-3-1-2-6(10(8)13)11-7(5-16-17-11)9(15)4-14/h1-3,5,15H,(H,16,17). The van der Waals surface area contributed by atoms with Crippen LogP contribution in [0.5, 0.6) is 0 Å². The van der Waals surface area contributed by atoms with Crippen molar-refractivity contribution in [2.24, 2.45) is 0 Å². The lowest BCUT2D eigenvalue weighted by molar-refractivity contribution is 1.10. The number of nitrogens with zero attached hydrogens (tertiary/aromatic N) is 2. The van der Waals surface area contributed by atoms with Crippen LogP contribution in [0.2, 0.25) is 10.0 Å². The van der Waals surface area contributed by atoms with E-state index in [0.29, 0.717) is 26.9 Å². The Bertz CT molecular complexity index is 625. The van der Waals surface area contributed by atoms with Crippen LogP contribution < -0.4 is 0 Å². The summed E-state index contributed by atoms with van der Waals surface area (Å²) in [5.74, 6) is 0. The van der Waals surface area contributed by atoms with Gasteiger partial charge >= 0.3 is 0 Å². The Morgan fingerprint density at radius 2 is 2.18 bits per heavy atom. The third-order valence-corrected chi connectivity index (χ3v) is 3.05. The van der Waals surface area contributed by atoms with Crippen molar-refractivity contribution in [3.63, 3.8) is 0 Å². The number of rotatable bonds is 2. The number of benzene rings is 1. The number of halogens is 2. The summed E-state index contributed by atoms with van der Waals surface area (Å²) in [5.41, 5.74) is 1.26. The Labute approximate surface area is 107 Å². The van der Waals surface area contributed by atoms with Gasteiger partial charge in [0.2, 0.25) is 0 Å². The molecular formula is C11H6Cl2N4. The summed E-state index contributed by atoms with van der Waals surface area (Å²) in [6, 6.07) is 6.89. The molecule has 0 spiro atoms. The summed E-state index contributed by atoms with van der Waals surface area (Å²) in [7, 11) is 0. The van der Waals surface area contributed by atoms with E-state index in [2.05, 4.69) is 10.2 Å². The molecule has 1 aromatic heterocycles. The van der Waals surface area contributed by atoms with E-state index >= 15 is 0 Å². The quantitative estimate of drug-likeness (QED) is 0.817. The van der Waals surface area contributed by atoms with Gasteiger partial charge in [-0.25, -0.2) is 0 Å². The van der Waals surface area contributed by atoms with Crippen molar-refractivity contribution in [3.05, 3.63) is 40.0 Å². The minimum Gasteiger partial charge on any atom is -0.290 e. The number of aromatic nitrogens is 2. The lowest BCUT2D eigenvalue weighted by Crippen LogP contribution is -1.96. The van der Waals surface area contributed by atoms with Crippen molar-refractivity contribution in [3.8, 4) is 17.3 Å². The average Bonchev–Trinajstić information content (AvgIpc) is 2.80. The van der Waals surface area contributed by atoms with E-state index in [9.17, 15) is 0 Å². The highest BCUT2D eigenvalue weighted by molar-refractivity contribution is 6.43. The monoisotopic (exact) mass is 264 g/mol. The summed E-state index contributed by atoms with van der Waals surface area (Å²) in [5, 5.41) is 23.6. The maximum Gasteiger partial charge on any atom is 0.143 e. The molecule has 6 heteroatoms. The Morgan fingerprint density at radius 3 is 2.88 bits per heavy atom. The molecule has 0 radical (unpaired) electrons. The second-order valence-corrected chi connectivity index (χ2v) is 4.02. The van der Waals surface area contributed by atoms with Gasteiger partial charge in [-0.1, -0.05) is 35.3 Å². The third-order valence-electron chi connectivity index (χ3n) is 2.23. The van der Waals surface area contributed by atoms with Crippen LogP contribution in [0.4, 0.5) is 0 Å². The summed E-state index contributed by atoms with van der Waals surface area (Å²) < 4.78 is 0. The lowest BCUT2D eigenvalue weighted by Gasteiger charge is -2.04. The molecule has 0 aliphatic rings. The largest absolute Gasteiger partial charge is 0.290 e. The van der Waals surface area contributed by atoms with Gasteiger partial charge in [-0.3, -0.25) is 10.5 Å². The maximum absolute atomic E-state index is 8.73. The van der Waals surface area contributed by atoms with Crippen molar-refractivity contribution < 1.29 is 0 Å². The lowest BCUT2D eigenvalue weighted by atomic mass is 10.1. The van der Waals surface area contributed by atoms with E-state index in [1.165, 1.54) is 6.20 Å². The first kappa shape index (κ1) is 11.6. The van der Waals surface area contributed by atoms with Crippen LogP contribution >= 0.6 is 23.2 Å². The molecule has 2 rings (SSSR count). The fraction of sp³-hybridized carbons (Fsp3) is 0. The molecule has 1 heterocycles. The summed E-state index contributed by atoms with van der Waals surface area (Å²) in [6.45, 7) is 0. The van der Waals surface area contributed by atoms with Crippen molar-refractivity contribution in [1.29, 1.82) is 10.7 Å². The fourth-order valence-electron chi connectivity index (χ4n) is 1.43. The Kier molecular flexibility index (Phi) is 3.14. The Hall–Kier alpha value is -1.83. The van der Waals surface area contributed by atoms with Gasteiger partial charge in [0, 0.05) is 11.8 Å². The zero-order chi connectivity index (χ0) is 12.4. The van der Waals surface area contributed by atoms with E-state index in [1.807, 2.05) is 0 Å². The van der Waals surface area contributed by atoms with Crippen molar-refractivity contribution in [1.82, 2.24) is 10.2 Å². The molecule has 0 amide bonds. The third kappa shape index (κ3) is 2.03. The van der Waals surface area contributed by atoms with Crippen LogP contribution in [0.3, 0.4) is 0 Å². The summed E-state index contributed by atoms with van der Waals surface area (Å²) in [6.07, 6.45) is 1.48. The van der Waals surface area contributed by atoms with Crippen LogP contribution in [0.25, 0.3) is 11.3 Å². The number of nitrogens with one attached hydrogen (secondary N) is 2. The van der Waals surface area contributed by atoms with E-state index in [1.54, 1.807) is 24.3 Å². The molecule has 2 aromatic rings. The van der Waals surface area contributed by atoms with Crippen LogP contribution in [-0.4, -0.2) is 15.9 Å². The molecule has 0 saturated heterocycles. The number of aromatic amines is 1. The van der Waals surface area contributed by atoms with Gasteiger partial charge in [0.15, 0.2) is 0 Å². The van der Waals surface area contributed by atoms with Gasteiger partial charge in [0.05, 0.1) is 15.6 Å². The first-order chi connectivity index (χ1) is 8.15. The highest BCUT2D eigenvalue weighted by atomic mass is 35.5. The molecular weight excluding hydrogens is 259 g/mol. The molecule has 0 atom stereocenters. The van der Waals surface area contributed by atoms with Crippen molar-refractivity contribution in [2.75, 3.05) is 0 Å². The zero-order valence-corrected chi connectivity index (χ0v) is 9.97. The van der Waals surface area contributed by atoms with Crippen LogP contribution in [0.15, 0.2) is 24.4 Å². The van der Waals surface area contributed by atoms with Gasteiger partial charge in [0.25, 0.3) is 0 Å². The minimum absolute atomic E-state index is 0.176. The minimum atomic E-state index is -0.176. The average molecular weight is 265 g/mol. The molecule has 84 valence electrons. The molecule has 0 aliphatic heterocycles. The van der Waals surface area contributed by atoms with Crippen molar-refractivity contribution >= 4 is 28.9 Å². The molecule has 17 heavy (non-hydrogen) atoms. The Morgan fingerprint density at radius 1 is 1.41 bits per heavy atom. The highest BCUT2D eigenvalue weighted by Gasteiger charge is 2.16. The summed E-state index contributed by atoms with van der Waals surface area (Å²) in [4.78, 5) is 0. The zero-order valence-electron chi connectivity index (χ0n) is 8.46. The predicted octanol–water partition coefficient (Wildman–Crippen LogP) is 3.27. The molecule has 1 aromatic carbocycles. The number of hydrogen-bond donors (Lipinski definition) is 2. The van der Waals surface area contributed by atoms with Crippen LogP contribution in [-0.2, 0) is 0 Å². The normalized spacial score (nSPS) is 9.94. The molecule has 4 nitrogen and oxygen atoms in total. The second kappa shape index (κ2) is 4.58. The first-order valence-corrected chi connectivity index (χ1v) is 5.38. The summed E-state index contributed by atoms with van der Waals surface area (Å²) >= 11 is 12.0. The van der Waals surface area contributed by atoms with Gasteiger partial charge < -0.3 is 0 Å². The van der Waals surface area contributed by atoms with Crippen LogP contribution in [0.1, 0.15) is 5.56 Å². The van der Waals surface area contributed by atoms with E-state index in [0.717, 1.165) is 0 Å². The molecule has 0 aliphatic carbocycles. The predicted molar refractivity (Wildman–Crippen MR) is 66.5 cm³/mol. The second-order valence-electron chi connectivity index (χ2n) is 3.24. The van der Waals surface area contributed by atoms with E-state index < -0.39 is 0 Å². The molecule has 0 unspecified atom stereocenters. The van der Waals surface area contributed by atoms with Gasteiger partial charge in [-0.05, 0) is 6.07 Å². The van der Waals surface area contributed by atoms with Crippen LogP contribution in [0, 0.1) is 16.7 Å². The molecule has 2 N–H and O–H groups in total. The first-order valence-electron chi connectivity index (χ1n) is 4.62. The highest BCUT2D eigenvalue weighted by Crippen LogP contribution is 2.33. The van der Waals surface area contributed by atoms with Gasteiger partial charge in [0.1, 0.15) is 17.5 Å². The van der Waals surface area contributed by atoms with Crippen molar-refractivity contribution in [2.45, 2.75) is 0 Å². The Balaban J connectivity index is 2.63. The number of nitriles is 1. The number of H-pyrrole nitrogens is 1. The molecule has 0 bridgehead atoms. The van der Waals surface area contributed by atoms with E-state index in [-0.39, 0.29) is 5.71 Å². The smallest absolute Gasteiger partial charge is 0.143 e. The topological polar surface area (TPSA) is 76.3 Å². The molecule has 0 fully saturated rings. The SMILES string of the molecule is N#CC(=N)c1c[nH]nc1-c1cccc(Cl)c1Cl. The molecule has 0 saturated carbocycles. The van der Waals surface area contributed by atoms with Gasteiger partial charge in [-0.15, -0.1) is 0 Å². The van der Waals surface area contributed by atoms with Gasteiger partial charge in [-0.2, -0.15) is 10.4 Å². The fourth-order valence-corrected chi connectivity index (χ4v) is 1.82. The maximum atomic E-state index is 8.73. The number of hydrogen-bond acceptors (Lipinski definition) is 3. The van der Waals surface area contributed by atoms with E-state index in [4.69, 9.17) is 33.9 Å².